The molecule has 0 fully saturated rings. The van der Waals surface area contributed by atoms with Crippen molar-refractivity contribution in [2.75, 3.05) is 32.7 Å². The lowest BCUT2D eigenvalue weighted by molar-refractivity contribution is -0.723. The van der Waals surface area contributed by atoms with Gasteiger partial charge in [0.15, 0.2) is 23.8 Å². The molecule has 36 heavy (non-hydrogen) atoms. The van der Waals surface area contributed by atoms with Crippen molar-refractivity contribution in [2.24, 2.45) is 0 Å². The van der Waals surface area contributed by atoms with Gasteiger partial charge in [-0.05, 0) is 30.4 Å². The van der Waals surface area contributed by atoms with Crippen LogP contribution in [-0.2, 0) is 12.0 Å². The van der Waals surface area contributed by atoms with Crippen molar-refractivity contribution in [3.63, 3.8) is 0 Å². The van der Waals surface area contributed by atoms with Gasteiger partial charge in [0.25, 0.3) is 5.65 Å². The van der Waals surface area contributed by atoms with E-state index in [1.807, 2.05) is 39.8 Å². The van der Waals surface area contributed by atoms with Crippen molar-refractivity contribution in [2.45, 2.75) is 65.8 Å². The third-order valence-corrected chi connectivity index (χ3v) is 5.79. The number of carbonyl (C=O) groups is 1. The Morgan fingerprint density at radius 3 is 2.53 bits per heavy atom. The number of benzene rings is 1. The molecule has 0 aliphatic heterocycles. The smallest absolute Gasteiger partial charge is 0.401 e. The summed E-state index contributed by atoms with van der Waals surface area (Å²) in [7, 11) is 1.58. The number of carbonyl (C=O) groups excluding carboxylic acids is 1. The lowest BCUT2D eigenvalue weighted by Gasteiger charge is -2.25. The first-order valence-electron chi connectivity index (χ1n) is 12.2. The van der Waals surface area contributed by atoms with Gasteiger partial charge in [0.05, 0.1) is 20.3 Å². The minimum atomic E-state index is -0.308. The molecule has 0 radical (unpaired) electrons. The normalized spacial score (nSPS) is 11.8. The zero-order valence-electron chi connectivity index (χ0n) is 22.3. The van der Waals surface area contributed by atoms with E-state index in [4.69, 9.17) is 25.1 Å². The molecule has 2 heterocycles. The van der Waals surface area contributed by atoms with Crippen molar-refractivity contribution < 1.29 is 28.8 Å². The first-order valence-corrected chi connectivity index (χ1v) is 12.2. The quantitative estimate of drug-likeness (QED) is 0.234. The maximum Gasteiger partial charge on any atom is 0.401 e. The maximum absolute atomic E-state index is 13.5. The summed E-state index contributed by atoms with van der Waals surface area (Å²) in [5.41, 5.74) is 8.87. The van der Waals surface area contributed by atoms with E-state index in [-0.39, 0.29) is 36.2 Å². The molecule has 3 aromatic rings. The number of hydrogen-bond donors (Lipinski definition) is 2. The van der Waals surface area contributed by atoms with Crippen LogP contribution in [0.2, 0.25) is 0 Å². The number of aliphatic hydroxyl groups is 1. The predicted octanol–water partition coefficient (Wildman–Crippen LogP) is 3.07. The topological polar surface area (TPSA) is 125 Å². The molecule has 3 rings (SSSR count). The number of methoxy groups -OCH3 is 1. The van der Waals surface area contributed by atoms with E-state index < -0.39 is 0 Å². The van der Waals surface area contributed by atoms with Gasteiger partial charge in [-0.2, -0.15) is 0 Å². The van der Waals surface area contributed by atoms with E-state index in [9.17, 15) is 4.79 Å². The number of anilines is 1. The highest BCUT2D eigenvalue weighted by atomic mass is 16.5. The molecule has 10 nitrogen and oxygen atoms in total. The summed E-state index contributed by atoms with van der Waals surface area (Å²) in [5, 5.41) is 18.2. The number of nitrogen functional groups attached to an aromatic ring is 1. The Morgan fingerprint density at radius 1 is 1.22 bits per heavy atom. The van der Waals surface area contributed by atoms with E-state index in [0.717, 1.165) is 11.1 Å². The number of hydrogen-bond acceptors (Lipinski definition) is 8. The minimum Gasteiger partial charge on any atom is -0.493 e. The van der Waals surface area contributed by atoms with Crippen molar-refractivity contribution in [3.05, 3.63) is 34.9 Å². The van der Waals surface area contributed by atoms with Gasteiger partial charge in [-0.25, -0.2) is 0 Å². The summed E-state index contributed by atoms with van der Waals surface area (Å²) in [5.74, 6) is 1.67. The molecule has 0 amide bonds. The summed E-state index contributed by atoms with van der Waals surface area (Å²) < 4.78 is 20.1. The standard InChI is InChI=1S/C26H37N5O5/c1-8-35-22-14-18(16(2)3)24-29-30(25(27)31(24)28-22)15-20(33)17-12-19(26(4,5)6)23(34-7)21(13-17)36-11-9-10-32/h12-14,16,27,32H,8-11,15H2,1-7H3/p+1. The van der Waals surface area contributed by atoms with E-state index >= 15 is 0 Å². The SMILES string of the molecule is CCOc1cc(C(C)C)c2n[n+](CC(=O)c3cc(OCCCO)c(OC)c(C(C)(C)C)c3)c(N)n2n1. The van der Waals surface area contributed by atoms with Gasteiger partial charge < -0.3 is 19.3 Å². The van der Waals surface area contributed by atoms with Crippen LogP contribution in [-0.4, -0.2) is 52.5 Å². The van der Waals surface area contributed by atoms with Crippen LogP contribution in [0.5, 0.6) is 17.4 Å². The largest absolute Gasteiger partial charge is 0.493 e. The Bertz CT molecular complexity index is 1230. The van der Waals surface area contributed by atoms with Crippen LogP contribution < -0.4 is 24.6 Å². The Kier molecular flexibility index (Phi) is 8.39. The monoisotopic (exact) mass is 500 g/mol. The third-order valence-electron chi connectivity index (χ3n) is 5.79. The third kappa shape index (κ3) is 5.70. The number of ketones is 1. The van der Waals surface area contributed by atoms with Crippen molar-refractivity contribution in [3.8, 4) is 17.4 Å². The number of Topliss-reactive ketones (excluding diaryl/α,β-unsaturated/α-hetero) is 1. The number of rotatable bonds is 11. The molecule has 0 bridgehead atoms. The van der Waals surface area contributed by atoms with Gasteiger partial charge in [0.1, 0.15) is 0 Å². The molecule has 2 aromatic heterocycles. The molecule has 0 saturated heterocycles. The number of aliphatic hydroxyl groups excluding tert-OH is 1. The molecule has 0 aliphatic rings. The molecule has 1 aromatic carbocycles. The number of fused-ring (bicyclic) bond motifs is 1. The summed E-state index contributed by atoms with van der Waals surface area (Å²) in [6.45, 7) is 12.8. The van der Waals surface area contributed by atoms with E-state index in [0.29, 0.717) is 48.2 Å². The second-order valence-electron chi connectivity index (χ2n) is 9.93. The van der Waals surface area contributed by atoms with Crippen molar-refractivity contribution >= 4 is 17.4 Å². The fourth-order valence-electron chi connectivity index (χ4n) is 3.90. The number of nitrogens with two attached hydrogens (primary N) is 1. The van der Waals surface area contributed by atoms with Gasteiger partial charge in [-0.3, -0.25) is 10.5 Å². The second kappa shape index (κ2) is 11.1. The molecular formula is C26H38N5O5+. The molecule has 0 saturated carbocycles. The van der Waals surface area contributed by atoms with Gasteiger partial charge >= 0.3 is 5.95 Å². The zero-order chi connectivity index (χ0) is 26.6. The van der Waals surface area contributed by atoms with Crippen molar-refractivity contribution in [1.82, 2.24) is 14.7 Å². The van der Waals surface area contributed by atoms with Crippen molar-refractivity contribution in [1.29, 1.82) is 0 Å². The lowest BCUT2D eigenvalue weighted by Crippen LogP contribution is -2.42. The summed E-state index contributed by atoms with van der Waals surface area (Å²) in [6.07, 6.45) is 0.467. The first kappa shape index (κ1) is 27.2. The van der Waals surface area contributed by atoms with Crippen LogP contribution >= 0.6 is 0 Å². The van der Waals surface area contributed by atoms with Crippen LogP contribution in [0.4, 0.5) is 5.95 Å². The Hall–Kier alpha value is -3.40. The molecule has 0 aliphatic carbocycles. The Balaban J connectivity index is 2.05. The average Bonchev–Trinajstić information content (AvgIpc) is 3.12. The zero-order valence-corrected chi connectivity index (χ0v) is 22.3. The number of aromatic nitrogens is 4. The van der Waals surface area contributed by atoms with Crippen LogP contribution in [0, 0.1) is 0 Å². The minimum absolute atomic E-state index is 0.00821. The second-order valence-corrected chi connectivity index (χ2v) is 9.93. The fraction of sp³-hybridized carbons (Fsp3) is 0.538. The number of nitrogens with zero attached hydrogens (tertiary/aromatic N) is 4. The molecule has 0 spiro atoms. The molecule has 10 heteroatoms. The predicted molar refractivity (Wildman–Crippen MR) is 136 cm³/mol. The van der Waals surface area contributed by atoms with Crippen LogP contribution in [0.1, 0.15) is 75.4 Å². The highest BCUT2D eigenvalue weighted by Crippen LogP contribution is 2.40. The van der Waals surface area contributed by atoms with Gasteiger partial charge in [-0.15, -0.1) is 4.68 Å². The van der Waals surface area contributed by atoms with Crippen LogP contribution in [0.15, 0.2) is 18.2 Å². The highest BCUT2D eigenvalue weighted by Gasteiger charge is 2.28. The van der Waals surface area contributed by atoms with E-state index in [1.165, 1.54) is 9.20 Å². The lowest BCUT2D eigenvalue weighted by atomic mass is 9.84. The Morgan fingerprint density at radius 2 is 1.94 bits per heavy atom. The van der Waals surface area contributed by atoms with Crippen LogP contribution in [0.3, 0.4) is 0 Å². The summed E-state index contributed by atoms with van der Waals surface area (Å²) in [4.78, 5) is 13.5. The fourth-order valence-corrected chi connectivity index (χ4v) is 3.90. The Labute approximate surface area is 212 Å². The summed E-state index contributed by atoms with van der Waals surface area (Å²) in [6, 6.07) is 5.36. The van der Waals surface area contributed by atoms with Crippen LogP contribution in [0.25, 0.3) is 5.65 Å². The molecule has 3 N–H and O–H groups in total. The average molecular weight is 501 g/mol. The molecule has 196 valence electrons. The van der Waals surface area contributed by atoms with Gasteiger partial charge in [0, 0.05) is 35.8 Å². The molecule has 0 atom stereocenters. The van der Waals surface area contributed by atoms with E-state index in [1.54, 1.807) is 13.2 Å². The summed E-state index contributed by atoms with van der Waals surface area (Å²) >= 11 is 0. The van der Waals surface area contributed by atoms with E-state index in [2.05, 4.69) is 24.0 Å². The maximum atomic E-state index is 13.5. The van der Waals surface area contributed by atoms with Gasteiger partial charge in [0.2, 0.25) is 5.88 Å². The highest BCUT2D eigenvalue weighted by molar-refractivity contribution is 5.96. The first-order chi connectivity index (χ1) is 17.0. The molecule has 0 unspecified atom stereocenters. The van der Waals surface area contributed by atoms with Gasteiger partial charge in [-0.1, -0.05) is 49.3 Å². The molecular weight excluding hydrogens is 462 g/mol. The number of ether oxygens (including phenoxy) is 3.